The van der Waals surface area contributed by atoms with E-state index in [4.69, 9.17) is 13.6 Å². The zero-order chi connectivity index (χ0) is 11.8. The number of hydrogen-bond donors (Lipinski definition) is 0. The number of oxazole rings is 1. The van der Waals surface area contributed by atoms with Gasteiger partial charge in [-0.3, -0.25) is 0 Å². The third-order valence-corrected chi connectivity index (χ3v) is 2.40. The number of rotatable bonds is 2. The molecule has 0 N–H and O–H groups in total. The Balaban J connectivity index is 2.43. The van der Waals surface area contributed by atoms with Crippen LogP contribution in [0.25, 0.3) is 22.1 Å². The number of para-hydroxylation sites is 1. The fourth-order valence-corrected chi connectivity index (χ4v) is 1.70. The molecular formula is C12H9NO4. The quantitative estimate of drug-likeness (QED) is 0.633. The number of nitrogens with zero attached hydrogens (tertiary/aromatic N) is 1. The second-order valence-corrected chi connectivity index (χ2v) is 3.48. The monoisotopic (exact) mass is 231 g/mol. The Kier molecular flexibility index (Phi) is 2.11. The van der Waals surface area contributed by atoms with Gasteiger partial charge in [-0.2, -0.15) is 4.98 Å². The highest BCUT2D eigenvalue weighted by Crippen LogP contribution is 2.25. The Morgan fingerprint density at radius 2 is 2.12 bits per heavy atom. The second kappa shape index (κ2) is 3.62. The molecule has 0 unspecified atom stereocenters. The van der Waals surface area contributed by atoms with E-state index in [2.05, 4.69) is 4.98 Å². The van der Waals surface area contributed by atoms with E-state index in [1.807, 2.05) is 19.1 Å². The lowest BCUT2D eigenvalue weighted by atomic mass is 10.2. The van der Waals surface area contributed by atoms with Crippen molar-refractivity contribution in [1.82, 2.24) is 4.98 Å². The largest absolute Gasteiger partial charge is 0.450 e. The van der Waals surface area contributed by atoms with Crippen LogP contribution in [0.15, 0.2) is 37.9 Å². The predicted octanol–water partition coefficient (Wildman–Crippen LogP) is 2.33. The summed E-state index contributed by atoms with van der Waals surface area (Å²) in [5, 5.41) is 0.709. The normalized spacial score (nSPS) is 11.1. The fraction of sp³-hybridized carbons (Fsp3) is 0.167. The summed E-state index contributed by atoms with van der Waals surface area (Å²) in [6.07, 6.45) is 0.0890. The molecule has 0 atom stereocenters. The van der Waals surface area contributed by atoms with Crippen LogP contribution in [0.2, 0.25) is 0 Å². The molecule has 2 aromatic heterocycles. The molecule has 0 spiro atoms. The molecule has 0 aliphatic rings. The summed E-state index contributed by atoms with van der Waals surface area (Å²) in [7, 11) is 0. The summed E-state index contributed by atoms with van der Waals surface area (Å²) in [5.41, 5.74) is 0.519. The molecule has 17 heavy (non-hydrogen) atoms. The third kappa shape index (κ3) is 1.47. The maximum atomic E-state index is 11.7. The highest BCUT2D eigenvalue weighted by molar-refractivity contribution is 5.99. The van der Waals surface area contributed by atoms with Crippen LogP contribution < -0.4 is 10.4 Å². The first-order chi connectivity index (χ1) is 8.29. The van der Waals surface area contributed by atoms with E-state index in [0.717, 1.165) is 0 Å². The molecule has 5 nitrogen and oxygen atoms in total. The Bertz CT molecular complexity index is 741. The lowest BCUT2D eigenvalue weighted by molar-refractivity contribution is 0.252. The van der Waals surface area contributed by atoms with Gasteiger partial charge in [0.15, 0.2) is 11.1 Å². The molecular weight excluding hydrogens is 222 g/mol. The molecule has 3 rings (SSSR count). The van der Waals surface area contributed by atoms with Crippen LogP contribution in [-0.4, -0.2) is 11.6 Å². The number of fused-ring (bicyclic) bond motifs is 3. The van der Waals surface area contributed by atoms with Gasteiger partial charge in [0, 0.05) is 0 Å². The summed E-state index contributed by atoms with van der Waals surface area (Å²) in [6, 6.07) is 7.14. The summed E-state index contributed by atoms with van der Waals surface area (Å²) in [6.45, 7) is 2.24. The Labute approximate surface area is 95.6 Å². The van der Waals surface area contributed by atoms with Crippen molar-refractivity contribution in [3.63, 3.8) is 0 Å². The van der Waals surface area contributed by atoms with Crippen LogP contribution in [0.4, 0.5) is 0 Å². The van der Waals surface area contributed by atoms with E-state index in [1.54, 1.807) is 12.1 Å². The van der Waals surface area contributed by atoms with Crippen molar-refractivity contribution in [2.45, 2.75) is 6.92 Å². The first kappa shape index (κ1) is 9.89. The minimum Gasteiger partial charge on any atom is -0.450 e. The minimum atomic E-state index is -0.520. The number of ether oxygens (including phenoxy) is 1. The van der Waals surface area contributed by atoms with Crippen LogP contribution in [0.1, 0.15) is 6.92 Å². The Morgan fingerprint density at radius 1 is 1.29 bits per heavy atom. The second-order valence-electron chi connectivity index (χ2n) is 3.48. The highest BCUT2D eigenvalue weighted by atomic mass is 16.6. The molecule has 0 fully saturated rings. The van der Waals surface area contributed by atoms with Crippen LogP contribution in [0.3, 0.4) is 0 Å². The van der Waals surface area contributed by atoms with Gasteiger partial charge in [0.1, 0.15) is 5.58 Å². The van der Waals surface area contributed by atoms with Crippen LogP contribution >= 0.6 is 0 Å². The van der Waals surface area contributed by atoms with Crippen LogP contribution in [0, 0.1) is 0 Å². The molecule has 86 valence electrons. The van der Waals surface area contributed by atoms with Crippen molar-refractivity contribution in [2.24, 2.45) is 0 Å². The molecule has 5 heteroatoms. The maximum Gasteiger partial charge on any atom is 0.394 e. The zero-order valence-corrected chi connectivity index (χ0v) is 9.10. The van der Waals surface area contributed by atoms with Gasteiger partial charge in [0.25, 0.3) is 0 Å². The molecule has 2 heterocycles. The number of aromatic nitrogens is 1. The van der Waals surface area contributed by atoms with Gasteiger partial charge in [0.2, 0.25) is 0 Å². The van der Waals surface area contributed by atoms with Gasteiger partial charge < -0.3 is 13.6 Å². The van der Waals surface area contributed by atoms with E-state index in [1.165, 1.54) is 0 Å². The average Bonchev–Trinajstić information content (AvgIpc) is 2.74. The smallest absolute Gasteiger partial charge is 0.394 e. The van der Waals surface area contributed by atoms with Crippen molar-refractivity contribution in [1.29, 1.82) is 0 Å². The van der Waals surface area contributed by atoms with E-state index in [9.17, 15) is 4.79 Å². The molecule has 0 aliphatic carbocycles. The summed E-state index contributed by atoms with van der Waals surface area (Å²) >= 11 is 0. The topological polar surface area (TPSA) is 65.5 Å². The molecule has 3 aromatic rings. The highest BCUT2D eigenvalue weighted by Gasteiger charge is 2.15. The van der Waals surface area contributed by atoms with Crippen LogP contribution in [0.5, 0.6) is 6.08 Å². The molecule has 0 aliphatic heterocycles. The van der Waals surface area contributed by atoms with Gasteiger partial charge in [-0.05, 0) is 19.1 Å². The molecule has 0 radical (unpaired) electrons. The Hall–Kier alpha value is -2.30. The SMILES string of the molecule is CCOc1nc2c(=O)oc3ccccc3c2o1. The number of benzene rings is 1. The lowest BCUT2D eigenvalue weighted by Gasteiger charge is -1.94. The van der Waals surface area contributed by atoms with Crippen molar-refractivity contribution >= 4 is 22.1 Å². The van der Waals surface area contributed by atoms with Crippen molar-refractivity contribution < 1.29 is 13.6 Å². The predicted molar refractivity (Wildman–Crippen MR) is 61.2 cm³/mol. The van der Waals surface area contributed by atoms with E-state index in [0.29, 0.717) is 23.2 Å². The standard InChI is InChI=1S/C12H9NO4/c1-2-15-12-13-9-10(17-12)7-5-3-4-6-8(7)16-11(9)14/h3-6H,2H2,1H3. The van der Waals surface area contributed by atoms with Gasteiger partial charge in [-0.25, -0.2) is 4.79 Å². The molecule has 0 saturated heterocycles. The molecule has 1 aromatic carbocycles. The average molecular weight is 231 g/mol. The maximum absolute atomic E-state index is 11.7. The van der Waals surface area contributed by atoms with Crippen molar-refractivity contribution in [2.75, 3.05) is 6.61 Å². The van der Waals surface area contributed by atoms with Crippen molar-refractivity contribution in [3.8, 4) is 6.08 Å². The van der Waals surface area contributed by atoms with E-state index in [-0.39, 0.29) is 11.6 Å². The van der Waals surface area contributed by atoms with Crippen LogP contribution in [-0.2, 0) is 0 Å². The number of hydrogen-bond acceptors (Lipinski definition) is 5. The van der Waals surface area contributed by atoms with Gasteiger partial charge >= 0.3 is 11.7 Å². The van der Waals surface area contributed by atoms with E-state index >= 15 is 0 Å². The van der Waals surface area contributed by atoms with Gasteiger partial charge in [-0.15, -0.1) is 0 Å². The van der Waals surface area contributed by atoms with Gasteiger partial charge in [0.05, 0.1) is 12.0 Å². The third-order valence-electron chi connectivity index (χ3n) is 2.40. The Morgan fingerprint density at radius 3 is 2.94 bits per heavy atom. The van der Waals surface area contributed by atoms with Gasteiger partial charge in [-0.1, -0.05) is 12.1 Å². The zero-order valence-electron chi connectivity index (χ0n) is 9.10. The summed E-state index contributed by atoms with van der Waals surface area (Å²) < 4.78 is 15.7. The molecule has 0 bridgehead atoms. The first-order valence-electron chi connectivity index (χ1n) is 5.25. The minimum absolute atomic E-state index is 0.0890. The first-order valence-corrected chi connectivity index (χ1v) is 5.25. The summed E-state index contributed by atoms with van der Waals surface area (Å²) in [4.78, 5) is 15.6. The van der Waals surface area contributed by atoms with Crippen molar-refractivity contribution in [3.05, 3.63) is 34.7 Å². The molecule has 0 amide bonds. The summed E-state index contributed by atoms with van der Waals surface area (Å²) in [5.74, 6) is 0. The lowest BCUT2D eigenvalue weighted by Crippen LogP contribution is -1.99. The fourth-order valence-electron chi connectivity index (χ4n) is 1.70. The molecule has 0 saturated carbocycles. The van der Waals surface area contributed by atoms with E-state index < -0.39 is 5.63 Å².